The van der Waals surface area contributed by atoms with Gasteiger partial charge in [0, 0.05) is 16.8 Å². The van der Waals surface area contributed by atoms with Gasteiger partial charge in [-0.15, -0.1) is 0 Å². The number of thiocarbonyl (C=S) groups is 1. The summed E-state index contributed by atoms with van der Waals surface area (Å²) in [6, 6.07) is 16.7. The van der Waals surface area contributed by atoms with Crippen molar-refractivity contribution in [2.24, 2.45) is 0 Å². The van der Waals surface area contributed by atoms with Crippen molar-refractivity contribution in [1.82, 2.24) is 10.3 Å². The van der Waals surface area contributed by atoms with Crippen LogP contribution in [0.25, 0.3) is 22.6 Å². The number of anilines is 1. The second kappa shape index (κ2) is 7.97. The van der Waals surface area contributed by atoms with E-state index in [2.05, 4.69) is 15.6 Å². The highest BCUT2D eigenvalue weighted by Crippen LogP contribution is 2.32. The van der Waals surface area contributed by atoms with Crippen LogP contribution in [0.4, 0.5) is 5.69 Å². The molecule has 4 aromatic rings. The summed E-state index contributed by atoms with van der Waals surface area (Å²) in [5.41, 5.74) is 5.57. The quantitative estimate of drug-likeness (QED) is 0.431. The van der Waals surface area contributed by atoms with Gasteiger partial charge in [0.15, 0.2) is 22.2 Å². The van der Waals surface area contributed by atoms with E-state index in [4.69, 9.17) is 26.1 Å². The van der Waals surface area contributed by atoms with Crippen molar-refractivity contribution in [2.45, 2.75) is 13.8 Å². The van der Waals surface area contributed by atoms with E-state index in [0.29, 0.717) is 23.0 Å². The summed E-state index contributed by atoms with van der Waals surface area (Å²) in [5.74, 6) is 1.32. The summed E-state index contributed by atoms with van der Waals surface area (Å²) in [5, 5.41) is 5.97. The molecule has 5 rings (SSSR count). The lowest BCUT2D eigenvalue weighted by Gasteiger charge is -2.13. The van der Waals surface area contributed by atoms with Crippen molar-refractivity contribution >= 4 is 40.0 Å². The SMILES string of the molecule is Cc1ccc2nc(-c3ccc(C)c(NC(=S)NC(=O)c4ccc5c(c4)OCO5)c3)oc2c1. The number of nitrogens with zero attached hydrogens (tertiary/aromatic N) is 1. The largest absolute Gasteiger partial charge is 0.454 e. The van der Waals surface area contributed by atoms with Crippen LogP contribution in [-0.2, 0) is 0 Å². The molecule has 1 amide bonds. The Morgan fingerprint density at radius 2 is 1.84 bits per heavy atom. The van der Waals surface area contributed by atoms with E-state index in [1.54, 1.807) is 18.2 Å². The molecule has 3 aromatic carbocycles. The molecule has 1 aliphatic heterocycles. The second-order valence-corrected chi connectivity index (χ2v) is 7.90. The fourth-order valence-electron chi connectivity index (χ4n) is 3.41. The molecule has 1 aromatic heterocycles. The zero-order chi connectivity index (χ0) is 22.2. The van der Waals surface area contributed by atoms with Gasteiger partial charge in [0.2, 0.25) is 12.7 Å². The number of aryl methyl sites for hydroxylation is 2. The zero-order valence-corrected chi connectivity index (χ0v) is 18.2. The normalized spacial score (nSPS) is 12.1. The first-order valence-corrected chi connectivity index (χ1v) is 10.4. The molecule has 32 heavy (non-hydrogen) atoms. The van der Waals surface area contributed by atoms with Gasteiger partial charge in [0.05, 0.1) is 0 Å². The highest BCUT2D eigenvalue weighted by molar-refractivity contribution is 7.80. The number of ether oxygens (including phenoxy) is 2. The van der Waals surface area contributed by atoms with E-state index in [0.717, 1.165) is 33.5 Å². The molecule has 8 heteroatoms. The highest BCUT2D eigenvalue weighted by atomic mass is 32.1. The summed E-state index contributed by atoms with van der Waals surface area (Å²) in [6.07, 6.45) is 0. The molecule has 2 heterocycles. The number of hydrogen-bond donors (Lipinski definition) is 2. The molecule has 0 spiro atoms. The average molecular weight is 446 g/mol. The van der Waals surface area contributed by atoms with Crippen molar-refractivity contribution in [3.63, 3.8) is 0 Å². The first-order valence-electron chi connectivity index (χ1n) is 9.96. The zero-order valence-electron chi connectivity index (χ0n) is 17.4. The second-order valence-electron chi connectivity index (χ2n) is 7.50. The summed E-state index contributed by atoms with van der Waals surface area (Å²) in [7, 11) is 0. The monoisotopic (exact) mass is 445 g/mol. The summed E-state index contributed by atoms with van der Waals surface area (Å²) in [6.45, 7) is 4.11. The number of hydrogen-bond acceptors (Lipinski definition) is 6. The smallest absolute Gasteiger partial charge is 0.257 e. The Morgan fingerprint density at radius 1 is 1.00 bits per heavy atom. The first kappa shape index (κ1) is 20.0. The number of amides is 1. The minimum atomic E-state index is -0.344. The van der Waals surface area contributed by atoms with Gasteiger partial charge in [-0.05, 0) is 79.7 Å². The fraction of sp³-hybridized carbons (Fsp3) is 0.125. The summed E-state index contributed by atoms with van der Waals surface area (Å²) in [4.78, 5) is 17.2. The number of fused-ring (bicyclic) bond motifs is 2. The minimum Gasteiger partial charge on any atom is -0.454 e. The molecule has 0 unspecified atom stereocenters. The van der Waals surface area contributed by atoms with Gasteiger partial charge >= 0.3 is 0 Å². The number of oxazole rings is 1. The van der Waals surface area contributed by atoms with Crippen molar-refractivity contribution in [3.8, 4) is 23.0 Å². The van der Waals surface area contributed by atoms with E-state index in [9.17, 15) is 4.79 Å². The minimum absolute atomic E-state index is 0.148. The average Bonchev–Trinajstić information content (AvgIpc) is 3.41. The highest BCUT2D eigenvalue weighted by Gasteiger charge is 2.17. The summed E-state index contributed by atoms with van der Waals surface area (Å²) >= 11 is 5.36. The molecular weight excluding hydrogens is 426 g/mol. The number of benzene rings is 3. The standard InChI is InChI=1S/C24H19N3O4S/c1-13-3-7-17-20(9-13)31-23(25-17)16-5-4-14(2)18(10-16)26-24(32)27-22(28)15-6-8-19-21(11-15)30-12-29-19/h3-11H,12H2,1-2H3,(H2,26,27,28,32). The number of carbonyl (C=O) groups excluding carboxylic acids is 1. The molecule has 0 radical (unpaired) electrons. The van der Waals surface area contributed by atoms with Gasteiger partial charge in [-0.2, -0.15) is 0 Å². The Morgan fingerprint density at radius 3 is 2.72 bits per heavy atom. The molecule has 160 valence electrons. The van der Waals surface area contributed by atoms with Crippen molar-refractivity contribution < 1.29 is 18.7 Å². The van der Waals surface area contributed by atoms with Crippen LogP contribution in [0.5, 0.6) is 11.5 Å². The van der Waals surface area contributed by atoms with Gasteiger partial charge < -0.3 is 19.2 Å². The molecule has 0 aliphatic carbocycles. The van der Waals surface area contributed by atoms with E-state index < -0.39 is 0 Å². The topological polar surface area (TPSA) is 85.6 Å². The van der Waals surface area contributed by atoms with Gasteiger partial charge in [-0.3, -0.25) is 10.1 Å². The molecule has 0 saturated heterocycles. The summed E-state index contributed by atoms with van der Waals surface area (Å²) < 4.78 is 16.5. The lowest BCUT2D eigenvalue weighted by molar-refractivity contribution is 0.0977. The van der Waals surface area contributed by atoms with Crippen LogP contribution in [0.3, 0.4) is 0 Å². The van der Waals surface area contributed by atoms with Gasteiger partial charge in [-0.25, -0.2) is 4.98 Å². The number of carbonyl (C=O) groups is 1. The molecule has 0 bridgehead atoms. The molecule has 0 fully saturated rings. The fourth-order valence-corrected chi connectivity index (χ4v) is 3.61. The van der Waals surface area contributed by atoms with E-state index in [1.165, 1.54) is 0 Å². The van der Waals surface area contributed by atoms with E-state index in [1.807, 2.05) is 50.2 Å². The third-order valence-corrected chi connectivity index (χ3v) is 5.34. The molecule has 7 nitrogen and oxygen atoms in total. The van der Waals surface area contributed by atoms with Crippen LogP contribution in [0, 0.1) is 13.8 Å². The number of rotatable bonds is 3. The number of aromatic nitrogens is 1. The molecule has 0 saturated carbocycles. The first-order chi connectivity index (χ1) is 15.5. The Balaban J connectivity index is 1.33. The van der Waals surface area contributed by atoms with Crippen molar-refractivity contribution in [1.29, 1.82) is 0 Å². The lowest BCUT2D eigenvalue weighted by atomic mass is 10.1. The van der Waals surface area contributed by atoms with Crippen LogP contribution in [0.2, 0.25) is 0 Å². The van der Waals surface area contributed by atoms with Gasteiger partial charge in [0.25, 0.3) is 5.91 Å². The van der Waals surface area contributed by atoms with Crippen molar-refractivity contribution in [3.05, 3.63) is 71.3 Å². The Hall–Kier alpha value is -3.91. The predicted octanol–water partition coefficient (Wildman–Crippen LogP) is 4.97. The maximum absolute atomic E-state index is 12.6. The van der Waals surface area contributed by atoms with Crippen LogP contribution in [-0.4, -0.2) is 22.8 Å². The third-order valence-electron chi connectivity index (χ3n) is 5.14. The Bertz CT molecular complexity index is 1380. The third kappa shape index (κ3) is 3.88. The molecular formula is C24H19N3O4S. The Labute approximate surface area is 189 Å². The van der Waals surface area contributed by atoms with E-state index >= 15 is 0 Å². The van der Waals surface area contributed by atoms with Crippen LogP contribution in [0.1, 0.15) is 21.5 Å². The van der Waals surface area contributed by atoms with Crippen LogP contribution < -0.4 is 20.1 Å². The van der Waals surface area contributed by atoms with Crippen LogP contribution >= 0.6 is 12.2 Å². The molecule has 1 aliphatic rings. The van der Waals surface area contributed by atoms with Crippen LogP contribution in [0.15, 0.2) is 59.0 Å². The molecule has 2 N–H and O–H groups in total. The Kier molecular flexibility index (Phi) is 4.99. The van der Waals surface area contributed by atoms with E-state index in [-0.39, 0.29) is 17.8 Å². The van der Waals surface area contributed by atoms with Crippen molar-refractivity contribution in [2.75, 3.05) is 12.1 Å². The van der Waals surface area contributed by atoms with Gasteiger partial charge in [0.1, 0.15) is 5.52 Å². The maximum Gasteiger partial charge on any atom is 0.257 e. The van der Waals surface area contributed by atoms with Gasteiger partial charge in [-0.1, -0.05) is 12.1 Å². The number of nitrogens with one attached hydrogen (secondary N) is 2. The lowest BCUT2D eigenvalue weighted by Crippen LogP contribution is -2.34. The predicted molar refractivity (Wildman–Crippen MR) is 125 cm³/mol. The molecule has 0 atom stereocenters. The maximum atomic E-state index is 12.6.